The second-order valence-corrected chi connectivity index (χ2v) is 8.10. The molecule has 4 aromatic carbocycles. The number of anilines is 2. The zero-order chi connectivity index (χ0) is 25.0. The summed E-state index contributed by atoms with van der Waals surface area (Å²) in [7, 11) is 0. The van der Waals surface area contributed by atoms with Gasteiger partial charge in [0.15, 0.2) is 0 Å². The van der Waals surface area contributed by atoms with Gasteiger partial charge in [0.05, 0.1) is 0 Å². The Hall–Kier alpha value is -4.58. The highest BCUT2D eigenvalue weighted by Crippen LogP contribution is 2.17. The molecule has 0 saturated heterocycles. The smallest absolute Gasteiger partial charge is 0.255 e. The number of aryl methyl sites for hydroxylation is 1. The van der Waals surface area contributed by atoms with Gasteiger partial charge in [-0.2, -0.15) is 0 Å². The predicted octanol–water partition coefficient (Wildman–Crippen LogP) is 5.97. The van der Waals surface area contributed by atoms with Crippen LogP contribution in [0.1, 0.15) is 22.3 Å². The molecule has 6 nitrogen and oxygen atoms in total. The molecular formula is C30H28N2O4. The summed E-state index contributed by atoms with van der Waals surface area (Å²) >= 11 is 0. The van der Waals surface area contributed by atoms with E-state index in [0.717, 1.165) is 11.3 Å². The van der Waals surface area contributed by atoms with Gasteiger partial charge in [-0.25, -0.2) is 0 Å². The van der Waals surface area contributed by atoms with Gasteiger partial charge < -0.3 is 20.1 Å². The molecule has 0 aromatic heterocycles. The van der Waals surface area contributed by atoms with Gasteiger partial charge in [-0.1, -0.05) is 48.5 Å². The molecule has 2 N–H and O–H groups in total. The summed E-state index contributed by atoms with van der Waals surface area (Å²) in [6.07, 6.45) is 1.09. The third kappa shape index (κ3) is 7.74. The summed E-state index contributed by atoms with van der Waals surface area (Å²) in [5, 5.41) is 5.75. The Morgan fingerprint density at radius 2 is 1.11 bits per heavy atom. The van der Waals surface area contributed by atoms with Gasteiger partial charge in [-0.15, -0.1) is 0 Å². The molecule has 2 amide bonds. The minimum absolute atomic E-state index is 0.0513. The monoisotopic (exact) mass is 480 g/mol. The van der Waals surface area contributed by atoms with Crippen molar-refractivity contribution in [3.63, 3.8) is 0 Å². The Bertz CT molecular complexity index is 1240. The molecule has 0 aliphatic heterocycles. The third-order valence-electron chi connectivity index (χ3n) is 5.39. The Labute approximate surface area is 210 Å². The lowest BCUT2D eigenvalue weighted by Crippen LogP contribution is -2.13. The van der Waals surface area contributed by atoms with Gasteiger partial charge in [0.25, 0.3) is 5.91 Å². The van der Waals surface area contributed by atoms with E-state index in [1.54, 1.807) is 48.5 Å². The first-order valence-corrected chi connectivity index (χ1v) is 11.8. The topological polar surface area (TPSA) is 76.7 Å². The zero-order valence-electron chi connectivity index (χ0n) is 19.9. The zero-order valence-corrected chi connectivity index (χ0v) is 19.9. The average molecular weight is 481 g/mol. The summed E-state index contributed by atoms with van der Waals surface area (Å²) in [4.78, 5) is 24.8. The maximum atomic E-state index is 12.6. The van der Waals surface area contributed by atoms with Crippen molar-refractivity contribution in [3.05, 3.63) is 120 Å². The molecule has 36 heavy (non-hydrogen) atoms. The number of para-hydroxylation sites is 1. The second kappa shape index (κ2) is 12.8. The maximum absolute atomic E-state index is 12.6. The number of rotatable bonds is 11. The molecule has 0 aliphatic carbocycles. The van der Waals surface area contributed by atoms with Crippen LogP contribution in [0.15, 0.2) is 109 Å². The van der Waals surface area contributed by atoms with Crippen LogP contribution in [-0.4, -0.2) is 25.0 Å². The Kier molecular flexibility index (Phi) is 8.70. The van der Waals surface area contributed by atoms with Gasteiger partial charge in [-0.3, -0.25) is 9.59 Å². The van der Waals surface area contributed by atoms with Crippen molar-refractivity contribution < 1.29 is 19.1 Å². The van der Waals surface area contributed by atoms with Crippen molar-refractivity contribution in [1.82, 2.24) is 0 Å². The highest BCUT2D eigenvalue weighted by molar-refractivity contribution is 6.04. The Balaban J connectivity index is 1.19. The molecule has 182 valence electrons. The molecule has 0 saturated carbocycles. The SMILES string of the molecule is O=C(CCc1ccccc1)Nc1ccc(NC(=O)c2ccc(OCCOc3ccccc3)cc2)cc1. The molecule has 0 bridgehead atoms. The molecule has 0 spiro atoms. The van der Waals surface area contributed by atoms with Gasteiger partial charge in [0, 0.05) is 23.4 Å². The van der Waals surface area contributed by atoms with E-state index >= 15 is 0 Å². The van der Waals surface area contributed by atoms with Gasteiger partial charge in [-0.05, 0) is 72.6 Å². The third-order valence-corrected chi connectivity index (χ3v) is 5.39. The van der Waals surface area contributed by atoms with Crippen molar-refractivity contribution in [3.8, 4) is 11.5 Å². The number of hydrogen-bond donors (Lipinski definition) is 2. The standard InChI is InChI=1S/C30H28N2O4/c33-29(20-11-23-7-3-1-4-8-23)31-25-14-16-26(17-15-25)32-30(34)24-12-18-28(19-13-24)36-22-21-35-27-9-5-2-6-10-27/h1-10,12-19H,11,20-22H2,(H,31,33)(H,32,34). The van der Waals surface area contributed by atoms with Gasteiger partial charge in [0.1, 0.15) is 24.7 Å². The molecular weight excluding hydrogens is 452 g/mol. The minimum Gasteiger partial charge on any atom is -0.490 e. The normalized spacial score (nSPS) is 10.3. The van der Waals surface area contributed by atoms with Crippen LogP contribution in [0.5, 0.6) is 11.5 Å². The van der Waals surface area contributed by atoms with Crippen LogP contribution in [0.2, 0.25) is 0 Å². The first-order valence-electron chi connectivity index (χ1n) is 11.8. The summed E-state index contributed by atoms with van der Waals surface area (Å²) < 4.78 is 11.3. The Morgan fingerprint density at radius 3 is 1.72 bits per heavy atom. The highest BCUT2D eigenvalue weighted by Gasteiger charge is 2.08. The fourth-order valence-corrected chi connectivity index (χ4v) is 3.50. The Morgan fingerprint density at radius 1 is 0.583 bits per heavy atom. The average Bonchev–Trinajstić information content (AvgIpc) is 2.92. The second-order valence-electron chi connectivity index (χ2n) is 8.10. The molecule has 0 atom stereocenters. The fourth-order valence-electron chi connectivity index (χ4n) is 3.50. The van der Waals surface area contributed by atoms with E-state index in [2.05, 4.69) is 10.6 Å². The van der Waals surface area contributed by atoms with Crippen LogP contribution < -0.4 is 20.1 Å². The largest absolute Gasteiger partial charge is 0.490 e. The van der Waals surface area contributed by atoms with Gasteiger partial charge in [0.2, 0.25) is 5.91 Å². The molecule has 0 radical (unpaired) electrons. The van der Waals surface area contributed by atoms with Crippen molar-refractivity contribution in [2.75, 3.05) is 23.8 Å². The van der Waals surface area contributed by atoms with E-state index in [4.69, 9.17) is 9.47 Å². The van der Waals surface area contributed by atoms with Crippen molar-refractivity contribution in [2.24, 2.45) is 0 Å². The first kappa shape index (κ1) is 24.5. The first-order chi connectivity index (χ1) is 17.7. The molecule has 0 heterocycles. The molecule has 6 heteroatoms. The fraction of sp³-hybridized carbons (Fsp3) is 0.133. The van der Waals surface area contributed by atoms with Crippen molar-refractivity contribution in [2.45, 2.75) is 12.8 Å². The van der Waals surface area contributed by atoms with E-state index < -0.39 is 0 Å². The number of benzene rings is 4. The molecule has 0 aliphatic rings. The van der Waals surface area contributed by atoms with E-state index in [9.17, 15) is 9.59 Å². The molecule has 4 aromatic rings. The van der Waals surface area contributed by atoms with E-state index in [1.807, 2.05) is 60.7 Å². The lowest BCUT2D eigenvalue weighted by molar-refractivity contribution is -0.116. The minimum atomic E-state index is -0.228. The number of hydrogen-bond acceptors (Lipinski definition) is 4. The van der Waals surface area contributed by atoms with Gasteiger partial charge >= 0.3 is 0 Å². The van der Waals surface area contributed by atoms with Crippen LogP contribution >= 0.6 is 0 Å². The van der Waals surface area contributed by atoms with E-state index in [0.29, 0.717) is 48.7 Å². The summed E-state index contributed by atoms with van der Waals surface area (Å²) in [5.41, 5.74) is 2.97. The lowest BCUT2D eigenvalue weighted by Gasteiger charge is -2.10. The predicted molar refractivity (Wildman–Crippen MR) is 142 cm³/mol. The highest BCUT2D eigenvalue weighted by atomic mass is 16.5. The molecule has 0 fully saturated rings. The molecule has 4 rings (SSSR count). The lowest BCUT2D eigenvalue weighted by atomic mass is 10.1. The number of amides is 2. The number of nitrogens with one attached hydrogen (secondary N) is 2. The van der Waals surface area contributed by atoms with Crippen LogP contribution in [0.4, 0.5) is 11.4 Å². The van der Waals surface area contributed by atoms with Crippen LogP contribution in [-0.2, 0) is 11.2 Å². The van der Waals surface area contributed by atoms with Crippen LogP contribution in [0.3, 0.4) is 0 Å². The van der Waals surface area contributed by atoms with Crippen molar-refractivity contribution >= 4 is 23.2 Å². The van der Waals surface area contributed by atoms with Crippen LogP contribution in [0, 0.1) is 0 Å². The van der Waals surface area contributed by atoms with E-state index in [-0.39, 0.29) is 11.8 Å². The summed E-state index contributed by atoms with van der Waals surface area (Å²) in [5.74, 6) is 1.18. The number of carbonyl (C=O) groups is 2. The number of ether oxygens (including phenoxy) is 2. The van der Waals surface area contributed by atoms with E-state index in [1.165, 1.54) is 0 Å². The maximum Gasteiger partial charge on any atom is 0.255 e. The van der Waals surface area contributed by atoms with Crippen LogP contribution in [0.25, 0.3) is 0 Å². The summed E-state index contributed by atoms with van der Waals surface area (Å²) in [6.45, 7) is 0.825. The van der Waals surface area contributed by atoms with Crippen molar-refractivity contribution in [1.29, 1.82) is 0 Å². The summed E-state index contributed by atoms with van der Waals surface area (Å²) in [6, 6.07) is 33.4. The quantitative estimate of drug-likeness (QED) is 0.259. The number of carbonyl (C=O) groups excluding carboxylic acids is 2. The molecule has 0 unspecified atom stereocenters.